The van der Waals surface area contributed by atoms with Gasteiger partial charge in [-0.15, -0.1) is 0 Å². The monoisotopic (exact) mass is 175 g/mol. The molecule has 0 aliphatic heterocycles. The molecule has 0 aliphatic rings. The Kier molecular flexibility index (Phi) is 5.45. The van der Waals surface area contributed by atoms with Crippen LogP contribution in [-0.2, 0) is 4.74 Å². The van der Waals surface area contributed by atoms with Crippen LogP contribution < -0.4 is 5.32 Å². The number of hydrogen-bond donors (Lipinski definition) is 2. The second kappa shape index (κ2) is 5.83. The number of carbonyl (C=O) groups is 1. The van der Waals surface area contributed by atoms with Gasteiger partial charge in [-0.1, -0.05) is 13.8 Å². The highest BCUT2D eigenvalue weighted by molar-refractivity contribution is 5.64. The van der Waals surface area contributed by atoms with Crippen LogP contribution >= 0.6 is 0 Å². The molecule has 2 N–H and O–H groups in total. The van der Waals surface area contributed by atoms with E-state index in [0.29, 0.717) is 13.2 Å². The summed E-state index contributed by atoms with van der Waals surface area (Å²) in [5, 5.41) is 10.9. The van der Waals surface area contributed by atoms with E-state index in [1.165, 1.54) is 0 Å². The lowest BCUT2D eigenvalue weighted by Gasteiger charge is -2.19. The molecule has 4 heteroatoms. The van der Waals surface area contributed by atoms with E-state index in [-0.39, 0.29) is 12.0 Å². The molecule has 0 saturated heterocycles. The summed E-state index contributed by atoms with van der Waals surface area (Å²) >= 11 is 0. The fraction of sp³-hybridized carbons (Fsp3) is 0.875. The molecule has 1 atom stereocenters. The highest BCUT2D eigenvalue weighted by Gasteiger charge is 2.14. The molecule has 0 aliphatic carbocycles. The van der Waals surface area contributed by atoms with Crippen LogP contribution in [0.15, 0.2) is 0 Å². The predicted octanol–water partition coefficient (Wildman–Crippen LogP) is 1.32. The first kappa shape index (κ1) is 11.2. The SMILES string of the molecule is CCOCC(NC(=O)O)C(C)C. The number of amides is 1. The van der Waals surface area contributed by atoms with Crippen LogP contribution in [0.25, 0.3) is 0 Å². The third-order valence-corrected chi connectivity index (χ3v) is 1.62. The molecule has 0 spiro atoms. The average Bonchev–Trinajstić information content (AvgIpc) is 1.96. The van der Waals surface area contributed by atoms with Crippen molar-refractivity contribution in [3.05, 3.63) is 0 Å². The molecule has 0 radical (unpaired) electrons. The van der Waals surface area contributed by atoms with Gasteiger partial charge in [0.1, 0.15) is 0 Å². The van der Waals surface area contributed by atoms with E-state index >= 15 is 0 Å². The fourth-order valence-corrected chi connectivity index (χ4v) is 0.804. The van der Waals surface area contributed by atoms with E-state index in [4.69, 9.17) is 9.84 Å². The second-order valence-corrected chi connectivity index (χ2v) is 2.96. The van der Waals surface area contributed by atoms with Gasteiger partial charge in [0.2, 0.25) is 0 Å². The molecule has 0 saturated carbocycles. The van der Waals surface area contributed by atoms with Gasteiger partial charge >= 0.3 is 6.09 Å². The van der Waals surface area contributed by atoms with E-state index in [1.54, 1.807) is 0 Å². The van der Waals surface area contributed by atoms with Crippen molar-refractivity contribution >= 4 is 6.09 Å². The quantitative estimate of drug-likeness (QED) is 0.662. The molecule has 72 valence electrons. The van der Waals surface area contributed by atoms with Crippen molar-refractivity contribution < 1.29 is 14.6 Å². The zero-order valence-corrected chi connectivity index (χ0v) is 7.83. The van der Waals surface area contributed by atoms with Gasteiger partial charge in [0.25, 0.3) is 0 Å². The molecule has 1 unspecified atom stereocenters. The van der Waals surface area contributed by atoms with Gasteiger partial charge in [0.05, 0.1) is 12.6 Å². The van der Waals surface area contributed by atoms with Crippen LogP contribution in [-0.4, -0.2) is 30.5 Å². The summed E-state index contributed by atoms with van der Waals surface area (Å²) in [6.45, 7) is 6.86. The summed E-state index contributed by atoms with van der Waals surface area (Å²) in [6.07, 6.45) is -0.992. The van der Waals surface area contributed by atoms with Crippen LogP contribution in [0.3, 0.4) is 0 Å². The Morgan fingerprint density at radius 1 is 1.58 bits per heavy atom. The normalized spacial score (nSPS) is 13.0. The minimum Gasteiger partial charge on any atom is -0.465 e. The number of rotatable bonds is 5. The number of nitrogens with one attached hydrogen (secondary N) is 1. The first-order valence-electron chi connectivity index (χ1n) is 4.15. The smallest absolute Gasteiger partial charge is 0.404 e. The maximum Gasteiger partial charge on any atom is 0.404 e. The van der Waals surface area contributed by atoms with E-state index in [9.17, 15) is 4.79 Å². The van der Waals surface area contributed by atoms with E-state index in [1.807, 2.05) is 20.8 Å². The van der Waals surface area contributed by atoms with Gasteiger partial charge in [-0.3, -0.25) is 0 Å². The molecular weight excluding hydrogens is 158 g/mol. The van der Waals surface area contributed by atoms with Crippen LogP contribution in [0, 0.1) is 5.92 Å². The minimum atomic E-state index is -0.992. The van der Waals surface area contributed by atoms with Crippen molar-refractivity contribution in [2.75, 3.05) is 13.2 Å². The Bertz CT molecular complexity index is 136. The largest absolute Gasteiger partial charge is 0.465 e. The predicted molar refractivity (Wildman–Crippen MR) is 46.3 cm³/mol. The lowest BCUT2D eigenvalue weighted by atomic mass is 10.1. The van der Waals surface area contributed by atoms with Crippen molar-refractivity contribution in [2.24, 2.45) is 5.92 Å². The van der Waals surface area contributed by atoms with Crippen LogP contribution in [0.5, 0.6) is 0 Å². The van der Waals surface area contributed by atoms with E-state index in [0.717, 1.165) is 0 Å². The first-order chi connectivity index (χ1) is 5.57. The number of carboxylic acid groups (broad SMARTS) is 1. The lowest BCUT2D eigenvalue weighted by Crippen LogP contribution is -2.41. The van der Waals surface area contributed by atoms with Crippen LogP contribution in [0.4, 0.5) is 4.79 Å². The molecule has 0 aromatic heterocycles. The summed E-state index contributed by atoms with van der Waals surface area (Å²) in [7, 11) is 0. The summed E-state index contributed by atoms with van der Waals surface area (Å²) in [5.74, 6) is 0.257. The molecule has 0 aromatic carbocycles. The Balaban J connectivity index is 3.78. The van der Waals surface area contributed by atoms with Gasteiger partial charge in [0, 0.05) is 6.61 Å². The maximum atomic E-state index is 10.3. The molecule has 0 aromatic rings. The molecule has 0 heterocycles. The average molecular weight is 175 g/mol. The highest BCUT2D eigenvalue weighted by Crippen LogP contribution is 2.01. The van der Waals surface area contributed by atoms with Gasteiger partial charge in [-0.05, 0) is 12.8 Å². The van der Waals surface area contributed by atoms with Crippen molar-refractivity contribution in [1.29, 1.82) is 0 Å². The standard InChI is InChI=1S/C8H17NO3/c1-4-12-5-7(6(2)3)9-8(10)11/h6-7,9H,4-5H2,1-3H3,(H,10,11). The van der Waals surface area contributed by atoms with Gasteiger partial charge in [-0.2, -0.15) is 0 Å². The van der Waals surface area contributed by atoms with Gasteiger partial charge in [-0.25, -0.2) is 4.79 Å². The van der Waals surface area contributed by atoms with Crippen molar-refractivity contribution in [2.45, 2.75) is 26.8 Å². The van der Waals surface area contributed by atoms with Crippen molar-refractivity contribution in [1.82, 2.24) is 5.32 Å². The molecule has 12 heavy (non-hydrogen) atoms. The van der Waals surface area contributed by atoms with Gasteiger partial charge in [0.15, 0.2) is 0 Å². The molecule has 0 fully saturated rings. The molecule has 4 nitrogen and oxygen atoms in total. The summed E-state index contributed by atoms with van der Waals surface area (Å²) < 4.78 is 5.13. The highest BCUT2D eigenvalue weighted by atomic mass is 16.5. The van der Waals surface area contributed by atoms with E-state index in [2.05, 4.69) is 5.32 Å². The van der Waals surface area contributed by atoms with Crippen LogP contribution in [0.2, 0.25) is 0 Å². The summed E-state index contributed by atoms with van der Waals surface area (Å²) in [4.78, 5) is 10.3. The maximum absolute atomic E-state index is 10.3. The summed E-state index contributed by atoms with van der Waals surface area (Å²) in [6, 6.07) is -0.109. The molecule has 0 bridgehead atoms. The minimum absolute atomic E-state index is 0.109. The van der Waals surface area contributed by atoms with Crippen molar-refractivity contribution in [3.63, 3.8) is 0 Å². The lowest BCUT2D eigenvalue weighted by molar-refractivity contribution is 0.104. The topological polar surface area (TPSA) is 58.6 Å². The first-order valence-corrected chi connectivity index (χ1v) is 4.15. The molecular formula is C8H17NO3. The number of hydrogen-bond acceptors (Lipinski definition) is 2. The van der Waals surface area contributed by atoms with Crippen LogP contribution in [0.1, 0.15) is 20.8 Å². The third kappa shape index (κ3) is 4.96. The van der Waals surface area contributed by atoms with Crippen molar-refractivity contribution in [3.8, 4) is 0 Å². The zero-order chi connectivity index (χ0) is 9.56. The van der Waals surface area contributed by atoms with Gasteiger partial charge < -0.3 is 15.2 Å². The zero-order valence-electron chi connectivity index (χ0n) is 7.83. The third-order valence-electron chi connectivity index (χ3n) is 1.62. The number of ether oxygens (including phenoxy) is 1. The Morgan fingerprint density at radius 2 is 2.17 bits per heavy atom. The Labute approximate surface area is 72.9 Å². The Morgan fingerprint density at radius 3 is 2.50 bits per heavy atom. The van der Waals surface area contributed by atoms with E-state index < -0.39 is 6.09 Å². The fourth-order valence-electron chi connectivity index (χ4n) is 0.804. The summed E-state index contributed by atoms with van der Waals surface area (Å²) in [5.41, 5.74) is 0. The Hall–Kier alpha value is -0.770. The molecule has 0 rings (SSSR count). The second-order valence-electron chi connectivity index (χ2n) is 2.96. The molecule has 1 amide bonds.